The van der Waals surface area contributed by atoms with Crippen LogP contribution in [0.4, 0.5) is 5.69 Å². The molecular weight excluding hydrogens is 506 g/mol. The predicted molar refractivity (Wildman–Crippen MR) is 154 cm³/mol. The Morgan fingerprint density at radius 2 is 1.79 bits per heavy atom. The van der Waals surface area contributed by atoms with Crippen molar-refractivity contribution < 1.29 is 14.3 Å². The van der Waals surface area contributed by atoms with Gasteiger partial charge in [0.15, 0.2) is 5.78 Å². The van der Waals surface area contributed by atoms with Crippen molar-refractivity contribution in [3.05, 3.63) is 117 Å². The highest BCUT2D eigenvalue weighted by atomic mass is 32.2. The number of nitrogens with one attached hydrogen (secondary N) is 2. The highest BCUT2D eigenvalue weighted by Crippen LogP contribution is 2.44. The third-order valence-electron chi connectivity index (χ3n) is 6.89. The third kappa shape index (κ3) is 6.08. The second-order valence-electron chi connectivity index (χ2n) is 9.58. The zero-order chi connectivity index (χ0) is 27.2. The summed E-state index contributed by atoms with van der Waals surface area (Å²) in [6.45, 7) is 2.40. The first-order chi connectivity index (χ1) is 19.0. The van der Waals surface area contributed by atoms with Crippen LogP contribution < -0.4 is 15.4 Å². The van der Waals surface area contributed by atoms with Crippen LogP contribution in [-0.4, -0.2) is 17.4 Å². The lowest BCUT2D eigenvalue weighted by molar-refractivity contribution is -0.116. The predicted octanol–water partition coefficient (Wildman–Crippen LogP) is 6.38. The van der Waals surface area contributed by atoms with Gasteiger partial charge >= 0.3 is 0 Å². The molecule has 0 saturated heterocycles. The molecule has 1 heterocycles. The van der Waals surface area contributed by atoms with Crippen LogP contribution in [0.25, 0.3) is 0 Å². The molecular formula is C32H29N3O3S. The molecule has 2 N–H and O–H groups in total. The van der Waals surface area contributed by atoms with E-state index in [1.54, 1.807) is 0 Å². The summed E-state index contributed by atoms with van der Waals surface area (Å²) < 4.78 is 5.94. The van der Waals surface area contributed by atoms with Gasteiger partial charge in [0.25, 0.3) is 0 Å². The zero-order valence-electron chi connectivity index (χ0n) is 21.7. The Morgan fingerprint density at radius 1 is 1.05 bits per heavy atom. The van der Waals surface area contributed by atoms with Crippen LogP contribution >= 0.6 is 11.8 Å². The minimum Gasteiger partial charge on any atom is -0.489 e. The molecule has 0 spiro atoms. The molecule has 0 fully saturated rings. The summed E-state index contributed by atoms with van der Waals surface area (Å²) in [4.78, 5) is 25.8. The highest BCUT2D eigenvalue weighted by molar-refractivity contribution is 8.03. The summed E-state index contributed by atoms with van der Waals surface area (Å²) in [6, 6.07) is 27.5. The van der Waals surface area contributed by atoms with Crippen LogP contribution in [0.5, 0.6) is 5.75 Å². The number of thioether (sulfide) groups is 1. The molecule has 0 radical (unpaired) electrons. The van der Waals surface area contributed by atoms with E-state index in [0.29, 0.717) is 35.0 Å². The van der Waals surface area contributed by atoms with Gasteiger partial charge in [-0.15, -0.1) is 0 Å². The number of dihydropyridines is 1. The Labute approximate surface area is 232 Å². The maximum atomic E-state index is 13.1. The van der Waals surface area contributed by atoms with E-state index in [0.717, 1.165) is 40.9 Å². The smallest absolute Gasteiger partial charge is 0.234 e. The second-order valence-corrected chi connectivity index (χ2v) is 10.6. The molecule has 1 amide bonds. The number of hydrogen-bond donors (Lipinski definition) is 2. The molecule has 0 aromatic heterocycles. The van der Waals surface area contributed by atoms with Crippen molar-refractivity contribution in [1.29, 1.82) is 5.26 Å². The second kappa shape index (κ2) is 12.1. The maximum Gasteiger partial charge on any atom is 0.234 e. The first kappa shape index (κ1) is 26.3. The van der Waals surface area contributed by atoms with Crippen LogP contribution in [0.15, 0.2) is 101 Å². The van der Waals surface area contributed by atoms with E-state index in [1.165, 1.54) is 11.8 Å². The normalized spacial score (nSPS) is 16.7. The van der Waals surface area contributed by atoms with E-state index in [-0.39, 0.29) is 17.4 Å². The van der Waals surface area contributed by atoms with E-state index in [9.17, 15) is 14.9 Å². The number of aryl methyl sites for hydroxylation is 1. The topological polar surface area (TPSA) is 91.2 Å². The number of nitriles is 1. The summed E-state index contributed by atoms with van der Waals surface area (Å²) in [6.07, 6.45) is 1.96. The summed E-state index contributed by atoms with van der Waals surface area (Å²) in [5, 5.41) is 17.2. The number of Topliss-reactive ketones (excluding diaryl/α,β-unsaturated/α-hetero) is 1. The van der Waals surface area contributed by atoms with E-state index >= 15 is 0 Å². The molecule has 0 unspecified atom stereocenters. The van der Waals surface area contributed by atoms with E-state index in [1.807, 2.05) is 85.8 Å². The Morgan fingerprint density at radius 3 is 2.54 bits per heavy atom. The fourth-order valence-corrected chi connectivity index (χ4v) is 5.77. The molecule has 39 heavy (non-hydrogen) atoms. The van der Waals surface area contributed by atoms with Gasteiger partial charge in [0.1, 0.15) is 12.4 Å². The standard InChI is InChI=1S/C32H29N3O3S/c1-21-8-5-6-11-26(21)34-29(37)20-39-32-25(18-33)30(31-27(35-32)12-7-13-28(31)36)23-14-16-24(17-15-23)38-19-22-9-3-2-4-10-22/h2-6,8-11,14-17,30,35H,7,12-13,19-20H2,1H3,(H,34,37)/t30-/m1/s1. The minimum atomic E-state index is -0.482. The van der Waals surface area contributed by atoms with Crippen molar-refractivity contribution in [2.75, 3.05) is 11.1 Å². The number of para-hydroxylation sites is 1. The number of ether oxygens (including phenoxy) is 1. The number of amides is 1. The first-order valence-corrected chi connectivity index (χ1v) is 13.9. The number of hydrogen-bond acceptors (Lipinski definition) is 6. The summed E-state index contributed by atoms with van der Waals surface area (Å²) in [7, 11) is 0. The van der Waals surface area contributed by atoms with Crippen LogP contribution in [0.2, 0.25) is 0 Å². The van der Waals surface area contributed by atoms with E-state index < -0.39 is 5.92 Å². The van der Waals surface area contributed by atoms with E-state index in [4.69, 9.17) is 4.74 Å². The van der Waals surface area contributed by atoms with Crippen LogP contribution in [0, 0.1) is 18.3 Å². The van der Waals surface area contributed by atoms with Crippen molar-refractivity contribution >= 4 is 29.1 Å². The molecule has 0 saturated carbocycles. The average Bonchev–Trinajstić information content (AvgIpc) is 2.96. The van der Waals surface area contributed by atoms with Gasteiger partial charge in [-0.1, -0.05) is 72.4 Å². The number of nitrogens with zero attached hydrogens (tertiary/aromatic N) is 1. The van der Waals surface area contributed by atoms with Gasteiger partial charge in [-0.05, 0) is 54.7 Å². The molecule has 1 atom stereocenters. The van der Waals surface area contributed by atoms with Gasteiger partial charge in [0.05, 0.1) is 28.3 Å². The van der Waals surface area contributed by atoms with Crippen molar-refractivity contribution in [2.45, 2.75) is 38.7 Å². The Kier molecular flexibility index (Phi) is 8.14. The van der Waals surface area contributed by atoms with Gasteiger partial charge in [-0.25, -0.2) is 0 Å². The number of carbonyl (C=O) groups excluding carboxylic acids is 2. The molecule has 2 aliphatic rings. The number of carbonyl (C=O) groups is 2. The van der Waals surface area contributed by atoms with Crippen LogP contribution in [0.3, 0.4) is 0 Å². The minimum absolute atomic E-state index is 0.0623. The monoisotopic (exact) mass is 535 g/mol. The molecule has 5 rings (SSSR count). The highest BCUT2D eigenvalue weighted by Gasteiger charge is 2.37. The maximum absolute atomic E-state index is 13.1. The largest absolute Gasteiger partial charge is 0.489 e. The molecule has 7 heteroatoms. The molecule has 1 aliphatic heterocycles. The lowest BCUT2D eigenvalue weighted by Crippen LogP contribution is -2.31. The molecule has 1 aliphatic carbocycles. The summed E-state index contributed by atoms with van der Waals surface area (Å²) in [5.74, 6) is 0.274. The SMILES string of the molecule is Cc1ccccc1NC(=O)CSC1=C(C#N)[C@@H](c2ccc(OCc3ccccc3)cc2)C2=C(CCCC2=O)N1. The number of rotatable bonds is 8. The van der Waals surface area contributed by atoms with Crippen molar-refractivity contribution in [3.8, 4) is 11.8 Å². The first-order valence-electron chi connectivity index (χ1n) is 13.0. The lowest BCUT2D eigenvalue weighted by Gasteiger charge is -2.33. The molecule has 196 valence electrons. The van der Waals surface area contributed by atoms with E-state index in [2.05, 4.69) is 16.7 Å². The molecule has 0 bridgehead atoms. The molecule has 6 nitrogen and oxygen atoms in total. The lowest BCUT2D eigenvalue weighted by atomic mass is 9.77. The average molecular weight is 536 g/mol. The van der Waals surface area contributed by atoms with Crippen molar-refractivity contribution in [2.24, 2.45) is 0 Å². The summed E-state index contributed by atoms with van der Waals surface area (Å²) in [5.41, 5.74) is 5.64. The van der Waals surface area contributed by atoms with Gasteiger partial charge in [-0.3, -0.25) is 9.59 Å². The number of allylic oxidation sites excluding steroid dienone is 3. The number of ketones is 1. The summed E-state index contributed by atoms with van der Waals surface area (Å²) >= 11 is 1.29. The fourth-order valence-electron chi connectivity index (χ4n) is 4.91. The molecule has 3 aromatic carbocycles. The Hall–Kier alpha value is -4.28. The van der Waals surface area contributed by atoms with Crippen LogP contribution in [0.1, 0.15) is 41.9 Å². The van der Waals surface area contributed by atoms with Gasteiger partial charge < -0.3 is 15.4 Å². The van der Waals surface area contributed by atoms with Crippen molar-refractivity contribution in [1.82, 2.24) is 5.32 Å². The quantitative estimate of drug-likeness (QED) is 0.348. The number of benzene rings is 3. The Balaban J connectivity index is 1.37. The van der Waals surface area contributed by atoms with Gasteiger partial charge in [0.2, 0.25) is 5.91 Å². The Bertz CT molecular complexity index is 1490. The fraction of sp³-hybridized carbons (Fsp3) is 0.219. The molecule has 3 aromatic rings. The zero-order valence-corrected chi connectivity index (χ0v) is 22.5. The van der Waals surface area contributed by atoms with Gasteiger partial charge in [0, 0.05) is 23.4 Å². The van der Waals surface area contributed by atoms with Crippen LogP contribution in [-0.2, 0) is 16.2 Å². The number of anilines is 1. The van der Waals surface area contributed by atoms with Gasteiger partial charge in [-0.2, -0.15) is 5.26 Å². The third-order valence-corrected chi connectivity index (χ3v) is 7.91. The van der Waals surface area contributed by atoms with Crippen molar-refractivity contribution in [3.63, 3.8) is 0 Å².